The van der Waals surface area contributed by atoms with E-state index in [1.165, 1.54) is 57.8 Å². The van der Waals surface area contributed by atoms with Crippen LogP contribution in [0.1, 0.15) is 252 Å². The predicted octanol–water partition coefficient (Wildman–Crippen LogP) is 16.9. The number of aliphatic hydroxyl groups excluding tert-OH is 1. The number of allylic oxidation sites excluding steroid dienone is 12. The van der Waals surface area contributed by atoms with Crippen molar-refractivity contribution in [3.8, 4) is 0 Å². The first-order valence-electron chi connectivity index (χ1n) is 28.8. The molecular weight excluding hydrogens is 928 g/mol. The highest BCUT2D eigenvalue weighted by atomic mass is 31.2. The minimum Gasteiger partial charge on any atom is -0.462 e. The zero-order chi connectivity index (χ0) is 52.7. The lowest BCUT2D eigenvalue weighted by Gasteiger charge is -2.21. The molecule has 12 heteroatoms. The summed E-state index contributed by atoms with van der Waals surface area (Å²) in [4.78, 5) is 48.5. The molecule has 0 saturated heterocycles. The number of phosphoric ester groups is 1. The van der Waals surface area contributed by atoms with Crippen LogP contribution in [0.3, 0.4) is 0 Å². The maximum absolute atomic E-state index is 12.9. The Morgan fingerprint density at radius 2 is 0.681 bits per heavy atom. The van der Waals surface area contributed by atoms with Crippen molar-refractivity contribution in [1.82, 2.24) is 0 Å². The van der Waals surface area contributed by atoms with E-state index in [2.05, 4.69) is 93.7 Å². The van der Waals surface area contributed by atoms with Gasteiger partial charge in [0.25, 0.3) is 0 Å². The third-order valence-electron chi connectivity index (χ3n) is 12.1. The van der Waals surface area contributed by atoms with E-state index in [9.17, 15) is 28.9 Å². The van der Waals surface area contributed by atoms with Gasteiger partial charge in [0.1, 0.15) is 12.7 Å². The lowest BCUT2D eigenvalue weighted by molar-refractivity contribution is -0.161. The van der Waals surface area contributed by atoms with Crippen LogP contribution >= 0.6 is 7.82 Å². The van der Waals surface area contributed by atoms with Gasteiger partial charge in [-0.1, -0.05) is 190 Å². The van der Waals surface area contributed by atoms with E-state index in [-0.39, 0.29) is 25.9 Å². The van der Waals surface area contributed by atoms with Gasteiger partial charge < -0.3 is 24.2 Å². The van der Waals surface area contributed by atoms with Gasteiger partial charge in [0, 0.05) is 19.3 Å². The number of hydrogen-bond donors (Lipinski definition) is 2. The van der Waals surface area contributed by atoms with Crippen LogP contribution < -0.4 is 0 Å². The molecule has 416 valence electrons. The van der Waals surface area contributed by atoms with Crippen LogP contribution in [0.15, 0.2) is 72.9 Å². The molecule has 0 aromatic heterocycles. The van der Waals surface area contributed by atoms with Crippen molar-refractivity contribution >= 4 is 25.7 Å². The Labute approximate surface area is 439 Å². The molecule has 2 N–H and O–H groups in total. The van der Waals surface area contributed by atoms with Gasteiger partial charge in [-0.3, -0.25) is 23.4 Å². The summed E-state index contributed by atoms with van der Waals surface area (Å²) in [5.74, 6) is -1.51. The second-order valence-corrected chi connectivity index (χ2v) is 20.5. The van der Waals surface area contributed by atoms with E-state index in [1.54, 1.807) is 0 Å². The van der Waals surface area contributed by atoms with Gasteiger partial charge in [0.15, 0.2) is 6.10 Å². The van der Waals surface area contributed by atoms with Crippen molar-refractivity contribution in [2.45, 2.75) is 264 Å². The van der Waals surface area contributed by atoms with Crippen molar-refractivity contribution in [2.75, 3.05) is 26.4 Å². The number of unbranched alkanes of at least 4 members (excludes halogenated alkanes) is 24. The molecule has 0 bridgehead atoms. The average molecular weight is 1030 g/mol. The normalized spacial score (nSPS) is 13.9. The Morgan fingerprint density at radius 1 is 0.389 bits per heavy atom. The summed E-state index contributed by atoms with van der Waals surface area (Å²) in [6.07, 6.45) is 59.9. The summed E-state index contributed by atoms with van der Waals surface area (Å²) in [6.45, 7) is 4.52. The van der Waals surface area contributed by atoms with Gasteiger partial charge in [0.05, 0.1) is 19.8 Å². The summed E-state index contributed by atoms with van der Waals surface area (Å²) in [7, 11) is -4.76. The quantitative estimate of drug-likeness (QED) is 0.0197. The van der Waals surface area contributed by atoms with Crippen molar-refractivity contribution in [1.29, 1.82) is 0 Å². The average Bonchev–Trinajstić information content (AvgIpc) is 3.37. The smallest absolute Gasteiger partial charge is 0.462 e. The largest absolute Gasteiger partial charge is 0.472 e. The van der Waals surface area contributed by atoms with Crippen LogP contribution in [-0.4, -0.2) is 66.5 Å². The Kier molecular flexibility index (Phi) is 51.9. The Bertz CT molecular complexity index is 1490. The first-order valence-corrected chi connectivity index (χ1v) is 30.3. The molecule has 72 heavy (non-hydrogen) atoms. The van der Waals surface area contributed by atoms with E-state index in [0.29, 0.717) is 19.3 Å². The van der Waals surface area contributed by atoms with Crippen LogP contribution in [0.4, 0.5) is 0 Å². The first-order chi connectivity index (χ1) is 35.2. The number of carbonyl (C=O) groups excluding carboxylic acids is 3. The first kappa shape index (κ1) is 68.9. The Hall–Kier alpha value is -3.08. The highest BCUT2D eigenvalue weighted by Crippen LogP contribution is 2.43. The molecular formula is C60H105O11P. The molecule has 3 atom stereocenters. The fourth-order valence-corrected chi connectivity index (χ4v) is 8.41. The molecule has 3 unspecified atom stereocenters. The number of ether oxygens (including phenoxy) is 3. The third kappa shape index (κ3) is 51.8. The maximum atomic E-state index is 12.9. The zero-order valence-corrected chi connectivity index (χ0v) is 46.8. The fourth-order valence-electron chi connectivity index (χ4n) is 7.62. The van der Waals surface area contributed by atoms with E-state index in [0.717, 1.165) is 135 Å². The number of esters is 3. The van der Waals surface area contributed by atoms with Crippen LogP contribution in [0.2, 0.25) is 0 Å². The second kappa shape index (κ2) is 54.2. The third-order valence-corrected chi connectivity index (χ3v) is 13.0. The summed E-state index contributed by atoms with van der Waals surface area (Å²) in [6, 6.07) is 0. The summed E-state index contributed by atoms with van der Waals surface area (Å²) >= 11 is 0. The molecule has 0 aliphatic rings. The fraction of sp³-hybridized carbons (Fsp3) is 0.750. The monoisotopic (exact) mass is 1030 g/mol. The lowest BCUT2D eigenvalue weighted by Crippen LogP contribution is -2.30. The van der Waals surface area contributed by atoms with Gasteiger partial charge in [-0.05, 0) is 116 Å². The zero-order valence-electron chi connectivity index (χ0n) is 45.9. The molecule has 11 nitrogen and oxygen atoms in total. The van der Waals surface area contributed by atoms with Crippen molar-refractivity contribution < 1.29 is 52.2 Å². The highest BCUT2D eigenvalue weighted by molar-refractivity contribution is 7.47. The standard InChI is InChI=1S/C60H105O11P/c1-4-7-10-13-16-19-22-25-28-31-34-37-40-43-46-49-58(62)67-53-57(71-60(64)51-48-45-42-39-36-33-30-27-24-21-18-15-12-9-6-3)55-69-72(65,66)68-54-56(52-61)70-59(63)50-47-44-41-38-35-32-29-26-23-20-17-14-11-8-5-2/h16-21,25-30,56-57,61H,4-15,22-24,31-55H2,1-3H3,(H,65,66)/b19-16-,20-17-,21-18-,28-25-,29-26-,30-27-. The number of hydrogen-bond acceptors (Lipinski definition) is 10. The minimum atomic E-state index is -4.76. The second-order valence-electron chi connectivity index (χ2n) is 19.1. The van der Waals surface area contributed by atoms with Gasteiger partial charge in [0.2, 0.25) is 0 Å². The van der Waals surface area contributed by atoms with Crippen LogP contribution in [-0.2, 0) is 42.2 Å². The van der Waals surface area contributed by atoms with E-state index in [1.807, 2.05) is 0 Å². The summed E-state index contributed by atoms with van der Waals surface area (Å²) in [5.41, 5.74) is 0. The van der Waals surface area contributed by atoms with Crippen LogP contribution in [0, 0.1) is 0 Å². The summed E-state index contributed by atoms with van der Waals surface area (Å²) in [5, 5.41) is 9.81. The molecule has 0 aromatic rings. The number of phosphoric acid groups is 1. The Morgan fingerprint density at radius 3 is 1.03 bits per heavy atom. The lowest BCUT2D eigenvalue weighted by atomic mass is 10.1. The number of rotatable bonds is 53. The predicted molar refractivity (Wildman–Crippen MR) is 298 cm³/mol. The molecule has 0 heterocycles. The number of aliphatic hydroxyl groups is 1. The molecule has 0 aliphatic heterocycles. The molecule has 0 aliphatic carbocycles. The van der Waals surface area contributed by atoms with Crippen molar-refractivity contribution in [3.63, 3.8) is 0 Å². The van der Waals surface area contributed by atoms with E-state index < -0.39 is 57.8 Å². The van der Waals surface area contributed by atoms with Crippen LogP contribution in [0.25, 0.3) is 0 Å². The molecule has 0 saturated carbocycles. The summed E-state index contributed by atoms with van der Waals surface area (Å²) < 4.78 is 39.5. The highest BCUT2D eigenvalue weighted by Gasteiger charge is 2.28. The maximum Gasteiger partial charge on any atom is 0.472 e. The van der Waals surface area contributed by atoms with Gasteiger partial charge in [-0.15, -0.1) is 0 Å². The molecule has 0 rings (SSSR count). The SMILES string of the molecule is CCCCC/C=C\C/C=C\CCCCCCCC(=O)OCC(COP(=O)(O)OCC(CO)OC(=O)CCCCCCC/C=C\C/C=C\CCCCC)OC(=O)CCCCCCC/C=C\C/C=C\CCCCC. The minimum absolute atomic E-state index is 0.146. The van der Waals surface area contributed by atoms with Gasteiger partial charge in [-0.25, -0.2) is 4.57 Å². The molecule has 0 fully saturated rings. The number of carbonyl (C=O) groups is 3. The van der Waals surface area contributed by atoms with Crippen molar-refractivity contribution in [2.24, 2.45) is 0 Å². The van der Waals surface area contributed by atoms with E-state index >= 15 is 0 Å². The Balaban J connectivity index is 4.77. The topological polar surface area (TPSA) is 155 Å². The molecule has 0 amide bonds. The van der Waals surface area contributed by atoms with Crippen molar-refractivity contribution in [3.05, 3.63) is 72.9 Å². The molecule has 0 radical (unpaired) electrons. The van der Waals surface area contributed by atoms with Gasteiger partial charge in [-0.2, -0.15) is 0 Å². The molecule has 0 aromatic carbocycles. The van der Waals surface area contributed by atoms with Crippen LogP contribution in [0.5, 0.6) is 0 Å². The molecule has 0 spiro atoms. The van der Waals surface area contributed by atoms with E-state index in [4.69, 9.17) is 23.3 Å². The van der Waals surface area contributed by atoms with Gasteiger partial charge >= 0.3 is 25.7 Å².